The first-order chi connectivity index (χ1) is 19.2. The lowest BCUT2D eigenvalue weighted by Crippen LogP contribution is -2.36. The lowest BCUT2D eigenvalue weighted by atomic mass is 9.93. The normalized spacial score (nSPS) is 13.6. The minimum atomic E-state index is -1.70. The quantitative estimate of drug-likeness (QED) is 0.239. The highest BCUT2D eigenvalue weighted by atomic mass is 79.9. The van der Waals surface area contributed by atoms with Crippen LogP contribution < -0.4 is 15.5 Å². The highest BCUT2D eigenvalue weighted by molar-refractivity contribution is 9.10. The Hall–Kier alpha value is -4.02. The van der Waals surface area contributed by atoms with Crippen LogP contribution >= 0.6 is 15.9 Å². The third-order valence-electron chi connectivity index (χ3n) is 6.50. The van der Waals surface area contributed by atoms with Crippen molar-refractivity contribution < 1.29 is 29.0 Å². The second-order valence-electron chi connectivity index (χ2n) is 9.46. The van der Waals surface area contributed by atoms with Gasteiger partial charge >= 0.3 is 12.0 Å². The van der Waals surface area contributed by atoms with Crippen LogP contribution in [-0.4, -0.2) is 40.8 Å². The highest BCUT2D eigenvalue weighted by Gasteiger charge is 2.19. The van der Waals surface area contributed by atoms with Gasteiger partial charge in [-0.05, 0) is 84.8 Å². The van der Waals surface area contributed by atoms with Crippen molar-refractivity contribution in [1.82, 2.24) is 5.32 Å². The Morgan fingerprint density at radius 1 is 1.00 bits per heavy atom. The molecule has 0 saturated heterocycles. The summed E-state index contributed by atoms with van der Waals surface area (Å²) in [7, 11) is 0. The van der Waals surface area contributed by atoms with Crippen molar-refractivity contribution in [3.05, 3.63) is 99.8 Å². The summed E-state index contributed by atoms with van der Waals surface area (Å²) in [5, 5.41) is 23.3. The van der Waals surface area contributed by atoms with Crippen LogP contribution in [0.5, 0.6) is 0 Å². The summed E-state index contributed by atoms with van der Waals surface area (Å²) in [5.74, 6) is -2.46. The van der Waals surface area contributed by atoms with Crippen LogP contribution in [0.15, 0.2) is 77.3 Å². The average molecular weight is 610 g/mol. The largest absolute Gasteiger partial charge is 0.479 e. The van der Waals surface area contributed by atoms with Crippen LogP contribution in [0.4, 0.5) is 20.6 Å². The van der Waals surface area contributed by atoms with Crippen molar-refractivity contribution in [2.75, 3.05) is 16.8 Å². The fraction of sp³-hybridized carbons (Fsp3) is 0.233. The predicted octanol–water partition coefficient (Wildman–Crippen LogP) is 5.96. The number of nitrogens with zero attached hydrogens (tertiary/aromatic N) is 1. The van der Waals surface area contributed by atoms with Gasteiger partial charge in [-0.25, -0.2) is 14.0 Å². The molecule has 8 nitrogen and oxygen atoms in total. The van der Waals surface area contributed by atoms with Gasteiger partial charge in [-0.2, -0.15) is 0 Å². The number of hydrogen-bond donors (Lipinski definition) is 4. The molecule has 3 aromatic rings. The molecule has 40 heavy (non-hydrogen) atoms. The number of amides is 3. The van der Waals surface area contributed by atoms with E-state index in [1.807, 2.05) is 24.3 Å². The predicted molar refractivity (Wildman–Crippen MR) is 155 cm³/mol. The summed E-state index contributed by atoms with van der Waals surface area (Å²) >= 11 is 3.24. The Labute approximate surface area is 239 Å². The minimum Gasteiger partial charge on any atom is -0.479 e. The van der Waals surface area contributed by atoms with Gasteiger partial charge in [0, 0.05) is 21.4 Å². The first-order valence-electron chi connectivity index (χ1n) is 12.8. The van der Waals surface area contributed by atoms with Gasteiger partial charge in [-0.1, -0.05) is 46.3 Å². The van der Waals surface area contributed by atoms with Crippen LogP contribution in [0.25, 0.3) is 5.57 Å². The maximum absolute atomic E-state index is 13.9. The Kier molecular flexibility index (Phi) is 9.68. The van der Waals surface area contributed by atoms with E-state index in [2.05, 4.69) is 32.6 Å². The fourth-order valence-corrected chi connectivity index (χ4v) is 4.84. The number of carbonyl (C=O) groups is 3. The van der Waals surface area contributed by atoms with E-state index in [0.717, 1.165) is 30.4 Å². The van der Waals surface area contributed by atoms with Crippen LogP contribution in [0.3, 0.4) is 0 Å². The number of benzene rings is 3. The first-order valence-corrected chi connectivity index (χ1v) is 13.6. The Morgan fingerprint density at radius 2 is 1.73 bits per heavy atom. The molecule has 4 rings (SSSR count). The summed E-state index contributed by atoms with van der Waals surface area (Å²) in [4.78, 5) is 38.0. The van der Waals surface area contributed by atoms with Crippen LogP contribution in [0.1, 0.15) is 47.2 Å². The molecule has 0 unspecified atom stereocenters. The number of hydrogen-bond acceptors (Lipinski definition) is 4. The first kappa shape index (κ1) is 29.0. The molecule has 0 aromatic heterocycles. The second kappa shape index (κ2) is 13.4. The maximum Gasteiger partial charge on any atom is 0.334 e. The van der Waals surface area contributed by atoms with Gasteiger partial charge in [-0.3, -0.25) is 9.69 Å². The number of halogens is 2. The molecule has 0 fully saturated rings. The zero-order valence-corrected chi connectivity index (χ0v) is 23.2. The van der Waals surface area contributed by atoms with E-state index in [-0.39, 0.29) is 12.1 Å². The van der Waals surface area contributed by atoms with E-state index in [1.54, 1.807) is 30.3 Å². The third-order valence-corrected chi connectivity index (χ3v) is 6.96. The topological polar surface area (TPSA) is 119 Å². The van der Waals surface area contributed by atoms with Crippen molar-refractivity contribution in [3.8, 4) is 0 Å². The summed E-state index contributed by atoms with van der Waals surface area (Å²) in [5.41, 5.74) is 4.33. The van der Waals surface area contributed by atoms with Gasteiger partial charge in [0.05, 0.1) is 13.1 Å². The Morgan fingerprint density at radius 3 is 2.35 bits per heavy atom. The van der Waals surface area contributed by atoms with E-state index >= 15 is 0 Å². The number of urea groups is 1. The Balaban J connectivity index is 1.54. The lowest BCUT2D eigenvalue weighted by Gasteiger charge is -2.24. The van der Waals surface area contributed by atoms with Crippen molar-refractivity contribution in [2.24, 2.45) is 0 Å². The van der Waals surface area contributed by atoms with E-state index in [0.29, 0.717) is 15.8 Å². The van der Waals surface area contributed by atoms with Gasteiger partial charge in [0.15, 0.2) is 6.10 Å². The number of aliphatic hydroxyl groups is 1. The number of carboxylic acids is 1. The molecule has 0 bridgehead atoms. The SMILES string of the molecule is O=C(NC[C@@H](O)C(=O)O)c1ccc(CN(C(=O)Nc2cc(F)cc(Br)c2)c2ccc(C3=CCCCC3)cc2)cc1. The van der Waals surface area contributed by atoms with E-state index in [4.69, 9.17) is 5.11 Å². The smallest absolute Gasteiger partial charge is 0.334 e. The van der Waals surface area contributed by atoms with Crippen LogP contribution in [0.2, 0.25) is 0 Å². The van der Waals surface area contributed by atoms with E-state index in [9.17, 15) is 23.9 Å². The van der Waals surface area contributed by atoms with Crippen LogP contribution in [-0.2, 0) is 11.3 Å². The van der Waals surface area contributed by atoms with Crippen LogP contribution in [0, 0.1) is 5.82 Å². The summed E-state index contributed by atoms with van der Waals surface area (Å²) < 4.78 is 14.4. The fourth-order valence-electron chi connectivity index (χ4n) is 4.38. The molecule has 10 heteroatoms. The highest BCUT2D eigenvalue weighted by Crippen LogP contribution is 2.29. The monoisotopic (exact) mass is 609 g/mol. The van der Waals surface area contributed by atoms with Crippen molar-refractivity contribution in [3.63, 3.8) is 0 Å². The second-order valence-corrected chi connectivity index (χ2v) is 10.4. The van der Waals surface area contributed by atoms with Gasteiger partial charge < -0.3 is 20.8 Å². The van der Waals surface area contributed by atoms with Gasteiger partial charge in [0.2, 0.25) is 0 Å². The number of nitrogens with one attached hydrogen (secondary N) is 2. The third kappa shape index (κ3) is 7.77. The summed E-state index contributed by atoms with van der Waals surface area (Å²) in [6.45, 7) is -0.267. The zero-order valence-electron chi connectivity index (χ0n) is 21.6. The van der Waals surface area contributed by atoms with Crippen molar-refractivity contribution in [1.29, 1.82) is 0 Å². The molecule has 3 amide bonds. The van der Waals surface area contributed by atoms with E-state index < -0.39 is 36.4 Å². The standard InChI is InChI=1S/C30H29BrFN3O5/c31-23-14-24(32)16-25(15-23)34-30(40)35(26-12-10-21(11-13-26)20-4-2-1-3-5-20)18-19-6-8-22(9-7-19)28(37)33-17-27(36)29(38)39/h4,6-16,27,36H,1-3,5,17-18H2,(H,33,37)(H,34,40)(H,38,39)/t27-/m1/s1. The molecule has 3 aromatic carbocycles. The van der Waals surface area contributed by atoms with Crippen molar-refractivity contribution >= 4 is 50.8 Å². The van der Waals surface area contributed by atoms with E-state index in [1.165, 1.54) is 29.0 Å². The number of carbonyl (C=O) groups excluding carboxylic acids is 2. The number of anilines is 2. The molecule has 0 radical (unpaired) electrons. The molecule has 0 heterocycles. The summed E-state index contributed by atoms with van der Waals surface area (Å²) in [6, 6.07) is 17.9. The molecule has 1 aliphatic rings. The van der Waals surface area contributed by atoms with Gasteiger partial charge in [0.1, 0.15) is 5.82 Å². The Bertz CT molecular complexity index is 1390. The number of carboxylic acid groups (broad SMARTS) is 1. The number of aliphatic carboxylic acids is 1. The zero-order chi connectivity index (χ0) is 28.6. The molecule has 1 aliphatic carbocycles. The molecule has 208 valence electrons. The lowest BCUT2D eigenvalue weighted by molar-refractivity contribution is -0.146. The summed E-state index contributed by atoms with van der Waals surface area (Å²) in [6.07, 6.45) is 4.98. The maximum atomic E-state index is 13.9. The molecular weight excluding hydrogens is 581 g/mol. The number of rotatable bonds is 9. The molecule has 1 atom stereocenters. The molecular formula is C30H29BrFN3O5. The van der Waals surface area contributed by atoms with Crippen molar-refractivity contribution in [2.45, 2.75) is 38.3 Å². The number of allylic oxidation sites excluding steroid dienone is 2. The molecule has 0 aliphatic heterocycles. The molecule has 0 spiro atoms. The number of aliphatic hydroxyl groups excluding tert-OH is 1. The average Bonchev–Trinajstić information content (AvgIpc) is 2.94. The van der Waals surface area contributed by atoms with Gasteiger partial charge in [0.25, 0.3) is 5.91 Å². The molecule has 4 N–H and O–H groups in total. The minimum absolute atomic E-state index is 0.157. The molecule has 0 saturated carbocycles. The van der Waals surface area contributed by atoms with Gasteiger partial charge in [-0.15, -0.1) is 0 Å².